The zero-order valence-electron chi connectivity index (χ0n) is 13.6. The summed E-state index contributed by atoms with van der Waals surface area (Å²) < 4.78 is 30.5. The van der Waals surface area contributed by atoms with Crippen LogP contribution in [0, 0.1) is 13.8 Å². The maximum atomic E-state index is 12.2. The zero-order chi connectivity index (χ0) is 17.9. The SMILES string of the molecule is Cc1cc(Cl)ccc1OC(=O)CN(c1ccccc1C)S(C)(=O)=O. The highest BCUT2D eigenvalue weighted by molar-refractivity contribution is 7.92. The lowest BCUT2D eigenvalue weighted by Crippen LogP contribution is -2.37. The van der Waals surface area contributed by atoms with Gasteiger partial charge in [0.15, 0.2) is 0 Å². The Labute approximate surface area is 146 Å². The molecule has 0 heterocycles. The average Bonchev–Trinajstić information content (AvgIpc) is 2.47. The molecular weight excluding hydrogens is 350 g/mol. The van der Waals surface area contributed by atoms with Crippen LogP contribution in [-0.2, 0) is 14.8 Å². The maximum absolute atomic E-state index is 12.2. The van der Waals surface area contributed by atoms with E-state index >= 15 is 0 Å². The number of sulfonamides is 1. The number of ether oxygens (including phenoxy) is 1. The number of benzene rings is 2. The van der Waals surface area contributed by atoms with Crippen molar-refractivity contribution in [2.45, 2.75) is 13.8 Å². The molecule has 0 amide bonds. The lowest BCUT2D eigenvalue weighted by atomic mass is 10.2. The molecule has 5 nitrogen and oxygen atoms in total. The molecule has 2 rings (SSSR count). The molecule has 128 valence electrons. The highest BCUT2D eigenvalue weighted by atomic mass is 35.5. The molecule has 24 heavy (non-hydrogen) atoms. The lowest BCUT2D eigenvalue weighted by molar-refractivity contribution is -0.132. The van der Waals surface area contributed by atoms with Crippen molar-refractivity contribution in [3.8, 4) is 5.75 Å². The van der Waals surface area contributed by atoms with Gasteiger partial charge >= 0.3 is 5.97 Å². The van der Waals surface area contributed by atoms with Crippen LogP contribution in [0.5, 0.6) is 5.75 Å². The molecule has 0 aromatic heterocycles. The van der Waals surface area contributed by atoms with Gasteiger partial charge < -0.3 is 4.74 Å². The van der Waals surface area contributed by atoms with Crippen LogP contribution in [0.3, 0.4) is 0 Å². The summed E-state index contributed by atoms with van der Waals surface area (Å²) in [4.78, 5) is 12.2. The molecule has 0 spiro atoms. The number of para-hydroxylation sites is 1. The summed E-state index contributed by atoms with van der Waals surface area (Å²) in [6, 6.07) is 11.8. The molecule has 0 aliphatic rings. The number of anilines is 1. The quantitative estimate of drug-likeness (QED) is 0.600. The summed E-state index contributed by atoms with van der Waals surface area (Å²) in [5, 5.41) is 0.532. The molecule has 0 bridgehead atoms. The van der Waals surface area contributed by atoms with Gasteiger partial charge in [-0.3, -0.25) is 4.31 Å². The normalized spacial score (nSPS) is 11.2. The van der Waals surface area contributed by atoms with Crippen LogP contribution < -0.4 is 9.04 Å². The van der Waals surface area contributed by atoms with Gasteiger partial charge in [0.05, 0.1) is 11.9 Å². The van der Waals surface area contributed by atoms with E-state index in [4.69, 9.17) is 16.3 Å². The molecule has 2 aromatic carbocycles. The van der Waals surface area contributed by atoms with Crippen LogP contribution >= 0.6 is 11.6 Å². The average molecular weight is 368 g/mol. The second-order valence-corrected chi connectivity index (χ2v) is 7.78. The van der Waals surface area contributed by atoms with E-state index in [-0.39, 0.29) is 0 Å². The fourth-order valence-electron chi connectivity index (χ4n) is 2.22. The predicted molar refractivity (Wildman–Crippen MR) is 95.2 cm³/mol. The largest absolute Gasteiger partial charge is 0.425 e. The first-order valence-corrected chi connectivity index (χ1v) is 9.41. The van der Waals surface area contributed by atoms with Gasteiger partial charge in [0.25, 0.3) is 0 Å². The fraction of sp³-hybridized carbons (Fsp3) is 0.235. The molecule has 0 unspecified atom stereocenters. The van der Waals surface area contributed by atoms with Gasteiger partial charge in [-0.1, -0.05) is 29.8 Å². The second-order valence-electron chi connectivity index (χ2n) is 5.44. The van der Waals surface area contributed by atoms with Crippen molar-refractivity contribution >= 4 is 33.3 Å². The van der Waals surface area contributed by atoms with Crippen molar-refractivity contribution in [3.05, 3.63) is 58.6 Å². The topological polar surface area (TPSA) is 63.7 Å². The number of halogens is 1. The van der Waals surface area contributed by atoms with Gasteiger partial charge in [0.2, 0.25) is 10.0 Å². The van der Waals surface area contributed by atoms with E-state index in [1.165, 1.54) is 0 Å². The van der Waals surface area contributed by atoms with Crippen molar-refractivity contribution in [3.63, 3.8) is 0 Å². The van der Waals surface area contributed by atoms with E-state index in [0.717, 1.165) is 16.1 Å². The number of hydrogen-bond donors (Lipinski definition) is 0. The molecule has 0 saturated carbocycles. The third kappa shape index (κ3) is 4.49. The van der Waals surface area contributed by atoms with Crippen LogP contribution in [-0.4, -0.2) is 27.2 Å². The number of carbonyl (C=O) groups excluding carboxylic acids is 1. The molecule has 0 fully saturated rings. The van der Waals surface area contributed by atoms with Crippen molar-refractivity contribution in [1.82, 2.24) is 0 Å². The van der Waals surface area contributed by atoms with Crippen LogP contribution in [0.2, 0.25) is 5.02 Å². The number of nitrogens with zero attached hydrogens (tertiary/aromatic N) is 1. The number of esters is 1. The Balaban J connectivity index is 2.24. The van der Waals surface area contributed by atoms with Crippen LogP contribution in [0.25, 0.3) is 0 Å². The minimum atomic E-state index is -3.63. The molecule has 7 heteroatoms. The minimum Gasteiger partial charge on any atom is -0.425 e. The number of carbonyl (C=O) groups is 1. The van der Waals surface area contributed by atoms with Crippen LogP contribution in [0.4, 0.5) is 5.69 Å². The van der Waals surface area contributed by atoms with Gasteiger partial charge in [0, 0.05) is 5.02 Å². The monoisotopic (exact) mass is 367 g/mol. The van der Waals surface area contributed by atoms with Gasteiger partial charge in [-0.15, -0.1) is 0 Å². The first kappa shape index (κ1) is 18.3. The summed E-state index contributed by atoms with van der Waals surface area (Å²) >= 11 is 5.87. The summed E-state index contributed by atoms with van der Waals surface area (Å²) in [5.74, 6) is -0.322. The molecule has 0 radical (unpaired) electrons. The number of aryl methyl sites for hydroxylation is 2. The molecule has 0 aliphatic heterocycles. The second kappa shape index (κ2) is 7.23. The predicted octanol–water partition coefficient (Wildman–Crippen LogP) is 3.33. The van der Waals surface area contributed by atoms with Crippen LogP contribution in [0.1, 0.15) is 11.1 Å². The Morgan fingerprint density at radius 3 is 2.38 bits per heavy atom. The van der Waals surface area contributed by atoms with E-state index < -0.39 is 22.5 Å². The molecular formula is C17H18ClNO4S. The first-order valence-electron chi connectivity index (χ1n) is 7.18. The number of hydrogen-bond acceptors (Lipinski definition) is 4. The Morgan fingerprint density at radius 2 is 1.79 bits per heavy atom. The van der Waals surface area contributed by atoms with Crippen molar-refractivity contribution < 1.29 is 17.9 Å². The van der Waals surface area contributed by atoms with E-state index in [0.29, 0.717) is 22.0 Å². The standard InChI is InChI=1S/C17H18ClNO4S/c1-12-6-4-5-7-15(12)19(24(3,21)22)11-17(20)23-16-9-8-14(18)10-13(16)2/h4-10H,11H2,1-3H3. The van der Waals surface area contributed by atoms with Gasteiger partial charge in [0.1, 0.15) is 12.3 Å². The maximum Gasteiger partial charge on any atom is 0.332 e. The van der Waals surface area contributed by atoms with E-state index in [9.17, 15) is 13.2 Å². The third-order valence-corrected chi connectivity index (χ3v) is 4.78. The van der Waals surface area contributed by atoms with E-state index in [1.807, 2.05) is 0 Å². The smallest absolute Gasteiger partial charge is 0.332 e. The fourth-order valence-corrected chi connectivity index (χ4v) is 3.35. The molecule has 0 saturated heterocycles. The van der Waals surface area contributed by atoms with Gasteiger partial charge in [-0.25, -0.2) is 13.2 Å². The summed E-state index contributed by atoms with van der Waals surface area (Å²) in [7, 11) is -3.63. The summed E-state index contributed by atoms with van der Waals surface area (Å²) in [6.45, 7) is 3.12. The van der Waals surface area contributed by atoms with E-state index in [1.54, 1.807) is 56.3 Å². The molecule has 2 aromatic rings. The highest BCUT2D eigenvalue weighted by Crippen LogP contribution is 2.24. The van der Waals surface area contributed by atoms with Crippen molar-refractivity contribution in [1.29, 1.82) is 0 Å². The lowest BCUT2D eigenvalue weighted by Gasteiger charge is -2.23. The molecule has 0 N–H and O–H groups in total. The zero-order valence-corrected chi connectivity index (χ0v) is 15.2. The Kier molecular flexibility index (Phi) is 5.51. The first-order chi connectivity index (χ1) is 11.2. The number of rotatable bonds is 5. The highest BCUT2D eigenvalue weighted by Gasteiger charge is 2.23. The minimum absolute atomic E-state index is 0.350. The Hall–Kier alpha value is -2.05. The third-order valence-electron chi connectivity index (χ3n) is 3.42. The Morgan fingerprint density at radius 1 is 1.12 bits per heavy atom. The van der Waals surface area contributed by atoms with Crippen molar-refractivity contribution in [2.24, 2.45) is 0 Å². The van der Waals surface area contributed by atoms with E-state index in [2.05, 4.69) is 0 Å². The summed E-state index contributed by atoms with van der Waals surface area (Å²) in [6.07, 6.45) is 1.06. The van der Waals surface area contributed by atoms with Gasteiger partial charge in [-0.05, 0) is 49.2 Å². The van der Waals surface area contributed by atoms with Crippen LogP contribution in [0.15, 0.2) is 42.5 Å². The molecule has 0 aliphatic carbocycles. The van der Waals surface area contributed by atoms with Crippen molar-refractivity contribution in [2.75, 3.05) is 17.1 Å². The van der Waals surface area contributed by atoms with Gasteiger partial charge in [-0.2, -0.15) is 0 Å². The Bertz CT molecular complexity index is 865. The summed E-state index contributed by atoms with van der Waals surface area (Å²) in [5.41, 5.74) is 1.89. The molecule has 0 atom stereocenters.